The van der Waals surface area contributed by atoms with Crippen molar-refractivity contribution in [2.75, 3.05) is 0 Å². The molecule has 0 saturated carbocycles. The Kier molecular flexibility index (Phi) is 4.64. The van der Waals surface area contributed by atoms with E-state index in [0.29, 0.717) is 4.88 Å². The zero-order valence-corrected chi connectivity index (χ0v) is 11.4. The predicted octanol–water partition coefficient (Wildman–Crippen LogP) is 3.57. The van der Waals surface area contributed by atoms with Gasteiger partial charge in [-0.05, 0) is 30.0 Å². The fraction of sp³-hybridized carbons (Fsp3) is 0.0667. The quantitative estimate of drug-likeness (QED) is 0.669. The molecule has 0 radical (unpaired) electrons. The molecule has 1 heterocycles. The van der Waals surface area contributed by atoms with Gasteiger partial charge in [0.2, 0.25) is 0 Å². The highest BCUT2D eigenvalue weighted by molar-refractivity contribution is 7.12. The lowest BCUT2D eigenvalue weighted by molar-refractivity contribution is 0.0959. The number of carbonyl (C=O) groups is 1. The highest BCUT2D eigenvalue weighted by atomic mass is 32.1. The Bertz CT molecular complexity index is 586. The molecule has 1 N–H and O–H groups in total. The van der Waals surface area contributed by atoms with Crippen molar-refractivity contribution in [1.29, 1.82) is 0 Å². The van der Waals surface area contributed by atoms with Crippen LogP contribution in [0.2, 0.25) is 0 Å². The Hall–Kier alpha value is -2.20. The summed E-state index contributed by atoms with van der Waals surface area (Å²) in [5, 5.41) is 5.89. The summed E-state index contributed by atoms with van der Waals surface area (Å²) in [7, 11) is 0. The number of nitrogens with zero attached hydrogens (tertiary/aromatic N) is 1. The van der Waals surface area contributed by atoms with E-state index < -0.39 is 0 Å². The Balaban J connectivity index is 1.93. The van der Waals surface area contributed by atoms with Gasteiger partial charge in [0, 0.05) is 0 Å². The van der Waals surface area contributed by atoms with Gasteiger partial charge < -0.3 is 0 Å². The van der Waals surface area contributed by atoms with Crippen LogP contribution in [0.5, 0.6) is 0 Å². The van der Waals surface area contributed by atoms with E-state index in [-0.39, 0.29) is 5.91 Å². The summed E-state index contributed by atoms with van der Waals surface area (Å²) in [6.45, 7) is 1.84. The molecule has 0 unspecified atom stereocenters. The first kappa shape index (κ1) is 13.2. The van der Waals surface area contributed by atoms with Gasteiger partial charge in [-0.3, -0.25) is 4.79 Å². The van der Waals surface area contributed by atoms with Crippen LogP contribution in [0.4, 0.5) is 0 Å². The topological polar surface area (TPSA) is 41.5 Å². The summed E-state index contributed by atoms with van der Waals surface area (Å²) >= 11 is 1.39. The molecule has 1 amide bonds. The largest absolute Gasteiger partial charge is 0.281 e. The number of amides is 1. The number of hydrogen-bond donors (Lipinski definition) is 1. The second kappa shape index (κ2) is 6.66. The molecule has 0 aliphatic carbocycles. The van der Waals surface area contributed by atoms with E-state index in [1.165, 1.54) is 11.3 Å². The molecule has 0 aliphatic rings. The predicted molar refractivity (Wildman–Crippen MR) is 80.4 cm³/mol. The highest BCUT2D eigenvalue weighted by Crippen LogP contribution is 2.07. The van der Waals surface area contributed by atoms with Crippen molar-refractivity contribution in [3.05, 3.63) is 64.4 Å². The Morgan fingerprint density at radius 3 is 2.68 bits per heavy atom. The molecule has 96 valence electrons. The van der Waals surface area contributed by atoms with E-state index in [0.717, 1.165) is 11.3 Å². The van der Waals surface area contributed by atoms with E-state index in [4.69, 9.17) is 0 Å². The van der Waals surface area contributed by atoms with Gasteiger partial charge in [0.05, 0.1) is 10.6 Å². The molecule has 0 fully saturated rings. The highest BCUT2D eigenvalue weighted by Gasteiger charge is 2.03. The number of hydrazone groups is 1. The maximum atomic E-state index is 11.7. The third kappa shape index (κ3) is 4.19. The molecule has 1 aromatic heterocycles. The van der Waals surface area contributed by atoms with Crippen molar-refractivity contribution < 1.29 is 4.79 Å². The zero-order chi connectivity index (χ0) is 13.5. The van der Waals surface area contributed by atoms with Crippen molar-refractivity contribution in [3.63, 3.8) is 0 Å². The molecule has 0 atom stereocenters. The van der Waals surface area contributed by atoms with Crippen molar-refractivity contribution in [2.45, 2.75) is 6.92 Å². The molecular weight excluding hydrogens is 256 g/mol. The molecule has 19 heavy (non-hydrogen) atoms. The van der Waals surface area contributed by atoms with Gasteiger partial charge in [-0.15, -0.1) is 11.3 Å². The maximum Gasteiger partial charge on any atom is 0.281 e. The number of nitrogens with one attached hydrogen (secondary N) is 1. The molecule has 3 nitrogen and oxygen atoms in total. The maximum absolute atomic E-state index is 11.7. The van der Waals surface area contributed by atoms with Gasteiger partial charge in [-0.1, -0.05) is 42.5 Å². The third-order valence-corrected chi connectivity index (χ3v) is 3.26. The van der Waals surface area contributed by atoms with Gasteiger partial charge >= 0.3 is 0 Å². The zero-order valence-electron chi connectivity index (χ0n) is 10.5. The van der Waals surface area contributed by atoms with Crippen molar-refractivity contribution in [2.24, 2.45) is 5.10 Å². The van der Waals surface area contributed by atoms with Crippen LogP contribution in [0.15, 0.2) is 59.0 Å². The smallest absolute Gasteiger partial charge is 0.266 e. The van der Waals surface area contributed by atoms with E-state index in [1.54, 1.807) is 6.07 Å². The molecule has 0 spiro atoms. The van der Waals surface area contributed by atoms with Crippen LogP contribution in [-0.2, 0) is 0 Å². The van der Waals surface area contributed by atoms with Crippen molar-refractivity contribution in [3.8, 4) is 0 Å². The van der Waals surface area contributed by atoms with Gasteiger partial charge in [-0.2, -0.15) is 5.10 Å². The van der Waals surface area contributed by atoms with E-state index in [2.05, 4.69) is 10.5 Å². The average molecular weight is 270 g/mol. The van der Waals surface area contributed by atoms with Crippen molar-refractivity contribution >= 4 is 29.0 Å². The summed E-state index contributed by atoms with van der Waals surface area (Å²) in [5.41, 5.74) is 4.37. The van der Waals surface area contributed by atoms with Crippen LogP contribution in [-0.4, -0.2) is 11.6 Å². The van der Waals surface area contributed by atoms with Crippen LogP contribution < -0.4 is 5.43 Å². The average Bonchev–Trinajstić information content (AvgIpc) is 2.98. The number of allylic oxidation sites excluding steroid dienone is 1. The minimum Gasteiger partial charge on any atom is -0.266 e. The second-order valence-corrected chi connectivity index (χ2v) is 4.86. The minimum absolute atomic E-state index is 0.178. The minimum atomic E-state index is -0.178. The van der Waals surface area contributed by atoms with Crippen LogP contribution in [0, 0.1) is 0 Å². The van der Waals surface area contributed by atoms with Crippen LogP contribution >= 0.6 is 11.3 Å². The molecule has 4 heteroatoms. The monoisotopic (exact) mass is 270 g/mol. The molecule has 2 rings (SSSR count). The first-order valence-corrected chi connectivity index (χ1v) is 6.75. The Morgan fingerprint density at radius 1 is 1.21 bits per heavy atom. The number of carbonyl (C=O) groups excluding carboxylic acids is 1. The molecule has 2 aromatic rings. The van der Waals surface area contributed by atoms with Gasteiger partial charge in [-0.25, -0.2) is 5.43 Å². The summed E-state index contributed by atoms with van der Waals surface area (Å²) in [5.74, 6) is -0.178. The molecule has 0 saturated heterocycles. The van der Waals surface area contributed by atoms with Crippen molar-refractivity contribution in [1.82, 2.24) is 5.43 Å². The number of benzene rings is 1. The summed E-state index contributed by atoms with van der Waals surface area (Å²) in [6.07, 6.45) is 3.82. The summed E-state index contributed by atoms with van der Waals surface area (Å²) in [6, 6.07) is 13.5. The lowest BCUT2D eigenvalue weighted by Gasteiger charge is -1.97. The van der Waals surface area contributed by atoms with E-state index in [9.17, 15) is 4.79 Å². The molecule has 1 aromatic carbocycles. The Morgan fingerprint density at radius 2 is 2.00 bits per heavy atom. The first-order chi connectivity index (χ1) is 9.25. The normalized spacial score (nSPS) is 11.7. The van der Waals surface area contributed by atoms with E-state index in [1.807, 2.05) is 60.9 Å². The third-order valence-electron chi connectivity index (χ3n) is 2.40. The SMILES string of the molecule is CC(C=Cc1ccccc1)=NNC(=O)c1cccs1. The van der Waals surface area contributed by atoms with E-state index >= 15 is 0 Å². The lowest BCUT2D eigenvalue weighted by Crippen LogP contribution is -2.17. The number of rotatable bonds is 4. The number of hydrogen-bond acceptors (Lipinski definition) is 3. The summed E-state index contributed by atoms with van der Waals surface area (Å²) < 4.78 is 0. The van der Waals surface area contributed by atoms with Gasteiger partial charge in [0.1, 0.15) is 0 Å². The lowest BCUT2D eigenvalue weighted by atomic mass is 10.2. The standard InChI is InChI=1S/C15H14N2OS/c1-12(9-10-13-6-3-2-4-7-13)16-17-15(18)14-8-5-11-19-14/h2-11H,1H3,(H,17,18). The van der Waals surface area contributed by atoms with Gasteiger partial charge in [0.25, 0.3) is 5.91 Å². The fourth-order valence-corrected chi connectivity index (χ4v) is 2.03. The van der Waals surface area contributed by atoms with Crippen LogP contribution in [0.3, 0.4) is 0 Å². The first-order valence-electron chi connectivity index (χ1n) is 5.87. The van der Waals surface area contributed by atoms with Crippen LogP contribution in [0.1, 0.15) is 22.2 Å². The van der Waals surface area contributed by atoms with Crippen LogP contribution in [0.25, 0.3) is 6.08 Å². The summed E-state index contributed by atoms with van der Waals surface area (Å²) in [4.78, 5) is 12.3. The molecule has 0 aliphatic heterocycles. The molecule has 0 bridgehead atoms. The molecular formula is C15H14N2OS. The Labute approximate surface area is 116 Å². The van der Waals surface area contributed by atoms with Gasteiger partial charge in [0.15, 0.2) is 0 Å². The number of thiophene rings is 1. The second-order valence-electron chi connectivity index (χ2n) is 3.92. The fourth-order valence-electron chi connectivity index (χ4n) is 1.42.